The molecule has 1 aromatic carbocycles. The van der Waals surface area contributed by atoms with Crippen LogP contribution in [0.25, 0.3) is 0 Å². The van der Waals surface area contributed by atoms with Crippen LogP contribution in [0.1, 0.15) is 21.5 Å². The van der Waals surface area contributed by atoms with E-state index >= 15 is 0 Å². The van der Waals surface area contributed by atoms with Crippen LogP contribution in [0.15, 0.2) is 12.1 Å². The van der Waals surface area contributed by atoms with E-state index in [1.54, 1.807) is 0 Å². The van der Waals surface area contributed by atoms with Crippen LogP contribution in [0.5, 0.6) is 0 Å². The highest BCUT2D eigenvalue weighted by Gasteiger charge is 2.34. The Kier molecular flexibility index (Phi) is 2.88. The summed E-state index contributed by atoms with van der Waals surface area (Å²) in [4.78, 5) is 10.7. The van der Waals surface area contributed by atoms with Crippen molar-refractivity contribution in [3.05, 3.63) is 28.8 Å². The molecule has 4 N–H and O–H groups in total. The van der Waals surface area contributed by atoms with Crippen molar-refractivity contribution in [3.8, 4) is 0 Å². The summed E-state index contributed by atoms with van der Waals surface area (Å²) in [5, 5.41) is 15.6. The molecule has 0 unspecified atom stereocenters. The number of rotatable bonds is 2. The molecule has 4 nitrogen and oxygen atoms in total. The van der Waals surface area contributed by atoms with E-state index in [1.807, 2.05) is 0 Å². The number of carbonyl (C=O) groups is 1. The molecule has 0 heterocycles. The van der Waals surface area contributed by atoms with Crippen molar-refractivity contribution in [2.24, 2.45) is 0 Å². The molecular formula is C9H7F3N2O2. The fourth-order valence-electron chi connectivity index (χ4n) is 1.23. The van der Waals surface area contributed by atoms with Crippen LogP contribution in [-0.2, 0) is 6.18 Å². The van der Waals surface area contributed by atoms with E-state index in [9.17, 15) is 18.0 Å². The quantitative estimate of drug-likeness (QED) is 0.538. The second-order valence-corrected chi connectivity index (χ2v) is 2.94. The minimum atomic E-state index is -4.67. The van der Waals surface area contributed by atoms with Crippen LogP contribution < -0.4 is 5.73 Å². The van der Waals surface area contributed by atoms with Crippen molar-refractivity contribution in [1.29, 1.82) is 5.41 Å². The van der Waals surface area contributed by atoms with Gasteiger partial charge in [-0.1, -0.05) is 0 Å². The Bertz CT molecular complexity index is 455. The predicted molar refractivity (Wildman–Crippen MR) is 50.7 cm³/mol. The van der Waals surface area contributed by atoms with Crippen LogP contribution in [-0.4, -0.2) is 17.3 Å². The molecule has 0 aliphatic rings. The Labute approximate surface area is 88.0 Å². The highest BCUT2D eigenvalue weighted by Crippen LogP contribution is 2.35. The Morgan fingerprint density at radius 3 is 2.38 bits per heavy atom. The van der Waals surface area contributed by atoms with Gasteiger partial charge in [0, 0.05) is 11.8 Å². The molecule has 0 aromatic heterocycles. The fraction of sp³-hybridized carbons (Fsp3) is 0.111. The highest BCUT2D eigenvalue weighted by molar-refractivity contribution is 6.01. The van der Waals surface area contributed by atoms with Crippen molar-refractivity contribution in [3.63, 3.8) is 0 Å². The van der Waals surface area contributed by atoms with Crippen molar-refractivity contribution in [2.45, 2.75) is 6.18 Å². The van der Waals surface area contributed by atoms with Crippen LogP contribution in [0, 0.1) is 5.41 Å². The zero-order valence-electron chi connectivity index (χ0n) is 7.80. The average molecular weight is 232 g/mol. The van der Waals surface area contributed by atoms with E-state index in [0.29, 0.717) is 12.3 Å². The fourth-order valence-corrected chi connectivity index (χ4v) is 1.23. The number of benzene rings is 1. The van der Waals surface area contributed by atoms with Crippen LogP contribution in [0.4, 0.5) is 18.9 Å². The molecule has 0 saturated heterocycles. The largest absolute Gasteiger partial charge is 0.478 e. The molecule has 16 heavy (non-hydrogen) atoms. The molecular weight excluding hydrogens is 225 g/mol. The van der Waals surface area contributed by atoms with E-state index in [-0.39, 0.29) is 0 Å². The minimum absolute atomic E-state index is 0.430. The highest BCUT2D eigenvalue weighted by atomic mass is 19.4. The first kappa shape index (κ1) is 12.0. The number of carboxylic acid groups (broad SMARTS) is 1. The van der Waals surface area contributed by atoms with Gasteiger partial charge in [0.2, 0.25) is 0 Å². The molecule has 0 aliphatic carbocycles. The van der Waals surface area contributed by atoms with Gasteiger partial charge in [-0.05, 0) is 12.1 Å². The smallest absolute Gasteiger partial charge is 0.418 e. The molecule has 0 amide bonds. The maximum atomic E-state index is 12.4. The number of hydrogen-bond acceptors (Lipinski definition) is 3. The van der Waals surface area contributed by atoms with Gasteiger partial charge >= 0.3 is 12.1 Å². The number of nitrogens with two attached hydrogens (primary N) is 1. The summed E-state index contributed by atoms with van der Waals surface area (Å²) < 4.78 is 37.2. The molecule has 7 heteroatoms. The molecule has 0 fully saturated rings. The lowest BCUT2D eigenvalue weighted by molar-refractivity contribution is -0.136. The summed E-state index contributed by atoms with van der Waals surface area (Å²) in [6.07, 6.45) is -4.17. The number of nitrogen functional groups attached to an aromatic ring is 1. The Balaban J connectivity index is 3.53. The summed E-state index contributed by atoms with van der Waals surface area (Å²) in [5.74, 6) is -1.43. The van der Waals surface area contributed by atoms with Crippen molar-refractivity contribution >= 4 is 17.9 Å². The van der Waals surface area contributed by atoms with Gasteiger partial charge in [0.15, 0.2) is 0 Å². The van der Waals surface area contributed by atoms with Gasteiger partial charge in [0.05, 0.1) is 16.8 Å². The summed E-state index contributed by atoms with van der Waals surface area (Å²) >= 11 is 0. The number of carboxylic acids is 1. The summed E-state index contributed by atoms with van der Waals surface area (Å²) in [6, 6.07) is 1.37. The van der Waals surface area contributed by atoms with Gasteiger partial charge < -0.3 is 16.2 Å². The molecule has 0 spiro atoms. The molecule has 0 aliphatic heterocycles. The second-order valence-electron chi connectivity index (χ2n) is 2.94. The number of aromatic carboxylic acids is 1. The third-order valence-electron chi connectivity index (χ3n) is 1.97. The number of alkyl halides is 3. The van der Waals surface area contributed by atoms with E-state index in [4.69, 9.17) is 16.2 Å². The van der Waals surface area contributed by atoms with Crippen LogP contribution in [0.3, 0.4) is 0 Å². The minimum Gasteiger partial charge on any atom is -0.478 e. The van der Waals surface area contributed by atoms with E-state index in [1.165, 1.54) is 0 Å². The third kappa shape index (κ3) is 1.97. The topological polar surface area (TPSA) is 87.2 Å². The van der Waals surface area contributed by atoms with Gasteiger partial charge in [0.25, 0.3) is 0 Å². The van der Waals surface area contributed by atoms with Gasteiger partial charge in [-0.25, -0.2) is 4.79 Å². The normalized spacial score (nSPS) is 11.2. The first-order valence-electron chi connectivity index (χ1n) is 4.02. The van der Waals surface area contributed by atoms with E-state index < -0.39 is 34.5 Å². The molecule has 1 rings (SSSR count). The van der Waals surface area contributed by atoms with E-state index in [2.05, 4.69) is 0 Å². The SMILES string of the molecule is N=Cc1c(C(=O)O)ccc(C(F)(F)F)c1N. The van der Waals surface area contributed by atoms with Crippen LogP contribution in [0.2, 0.25) is 0 Å². The molecule has 0 radical (unpaired) electrons. The standard InChI is InChI=1S/C9H7F3N2O2/c10-9(11,12)6-2-1-4(8(15)16)5(3-13)7(6)14/h1-3,13H,14H2,(H,15,16). The first-order chi connectivity index (χ1) is 7.29. The monoisotopic (exact) mass is 232 g/mol. The number of nitrogens with one attached hydrogen (secondary N) is 1. The zero-order chi connectivity index (χ0) is 12.5. The van der Waals surface area contributed by atoms with E-state index in [0.717, 1.165) is 6.07 Å². The van der Waals surface area contributed by atoms with Crippen molar-refractivity contribution in [1.82, 2.24) is 0 Å². The summed E-state index contributed by atoms with van der Waals surface area (Å²) in [5.41, 5.74) is 2.42. The Hall–Kier alpha value is -2.05. The molecule has 0 bridgehead atoms. The van der Waals surface area contributed by atoms with Gasteiger partial charge in [-0.15, -0.1) is 0 Å². The van der Waals surface area contributed by atoms with Crippen molar-refractivity contribution < 1.29 is 23.1 Å². The molecule has 0 atom stereocenters. The molecule has 86 valence electrons. The lowest BCUT2D eigenvalue weighted by atomic mass is 10.0. The van der Waals surface area contributed by atoms with Gasteiger partial charge in [-0.2, -0.15) is 13.2 Å². The third-order valence-corrected chi connectivity index (χ3v) is 1.97. The Morgan fingerprint density at radius 2 is 2.00 bits per heavy atom. The number of anilines is 1. The molecule has 1 aromatic rings. The average Bonchev–Trinajstić information content (AvgIpc) is 2.14. The Morgan fingerprint density at radius 1 is 1.44 bits per heavy atom. The van der Waals surface area contributed by atoms with Crippen LogP contribution >= 0.6 is 0 Å². The molecule has 0 saturated carbocycles. The van der Waals surface area contributed by atoms with Gasteiger partial charge in [0.1, 0.15) is 0 Å². The lowest BCUT2D eigenvalue weighted by Crippen LogP contribution is -2.14. The maximum absolute atomic E-state index is 12.4. The second kappa shape index (κ2) is 3.84. The lowest BCUT2D eigenvalue weighted by Gasteiger charge is -2.13. The summed E-state index contributed by atoms with van der Waals surface area (Å²) in [7, 11) is 0. The summed E-state index contributed by atoms with van der Waals surface area (Å²) in [6.45, 7) is 0. The zero-order valence-corrected chi connectivity index (χ0v) is 7.80. The predicted octanol–water partition coefficient (Wildman–Crippen LogP) is 1.98. The first-order valence-corrected chi connectivity index (χ1v) is 4.02. The number of halogens is 3. The van der Waals surface area contributed by atoms with Crippen molar-refractivity contribution in [2.75, 3.05) is 5.73 Å². The van der Waals surface area contributed by atoms with Gasteiger partial charge in [-0.3, -0.25) is 0 Å². The maximum Gasteiger partial charge on any atom is 0.418 e. The number of hydrogen-bond donors (Lipinski definition) is 3.